The number of nitrogens with two attached hydrogens (primary N) is 1. The van der Waals surface area contributed by atoms with Crippen molar-refractivity contribution in [3.63, 3.8) is 0 Å². The van der Waals surface area contributed by atoms with E-state index >= 15 is 0 Å². The maximum absolute atomic E-state index is 10.8. The molecule has 0 spiro atoms. The van der Waals surface area contributed by atoms with Crippen molar-refractivity contribution in [1.29, 1.82) is 0 Å². The maximum atomic E-state index is 10.8. The van der Waals surface area contributed by atoms with E-state index in [0.717, 1.165) is 17.5 Å². The SMILES string of the molecule is Cc1[nH]c2ccc(O)c(N)c2c1C=O. The molecule has 0 unspecified atom stereocenters. The van der Waals surface area contributed by atoms with Gasteiger partial charge in [0.2, 0.25) is 0 Å². The average molecular weight is 190 g/mol. The number of aromatic hydroxyl groups is 1. The minimum Gasteiger partial charge on any atom is -0.506 e. The van der Waals surface area contributed by atoms with E-state index < -0.39 is 0 Å². The number of nitrogens with one attached hydrogen (secondary N) is 1. The molecule has 1 aromatic carbocycles. The van der Waals surface area contributed by atoms with Crippen molar-refractivity contribution in [2.45, 2.75) is 6.92 Å². The normalized spacial score (nSPS) is 10.6. The summed E-state index contributed by atoms with van der Waals surface area (Å²) < 4.78 is 0. The topological polar surface area (TPSA) is 79.1 Å². The molecule has 0 bridgehead atoms. The van der Waals surface area contributed by atoms with E-state index in [-0.39, 0.29) is 11.4 Å². The van der Waals surface area contributed by atoms with Crippen LogP contribution in [-0.2, 0) is 0 Å². The first-order chi connectivity index (χ1) is 6.65. The molecule has 0 saturated carbocycles. The van der Waals surface area contributed by atoms with Crippen LogP contribution in [0.1, 0.15) is 16.1 Å². The van der Waals surface area contributed by atoms with E-state index in [1.165, 1.54) is 6.07 Å². The fourth-order valence-electron chi connectivity index (χ4n) is 1.61. The highest BCUT2D eigenvalue weighted by atomic mass is 16.3. The number of hydrogen-bond acceptors (Lipinski definition) is 3. The van der Waals surface area contributed by atoms with E-state index in [0.29, 0.717) is 10.9 Å². The molecule has 14 heavy (non-hydrogen) atoms. The van der Waals surface area contributed by atoms with Gasteiger partial charge in [-0.1, -0.05) is 0 Å². The largest absolute Gasteiger partial charge is 0.506 e. The van der Waals surface area contributed by atoms with E-state index in [4.69, 9.17) is 5.73 Å². The number of aromatic amines is 1. The number of fused-ring (bicyclic) bond motifs is 1. The van der Waals surface area contributed by atoms with Crippen LogP contribution in [0.5, 0.6) is 5.75 Å². The van der Waals surface area contributed by atoms with Crippen molar-refractivity contribution in [1.82, 2.24) is 4.98 Å². The van der Waals surface area contributed by atoms with Crippen LogP contribution in [-0.4, -0.2) is 16.4 Å². The van der Waals surface area contributed by atoms with Crippen LogP contribution in [0.25, 0.3) is 10.9 Å². The lowest BCUT2D eigenvalue weighted by atomic mass is 10.1. The Morgan fingerprint density at radius 1 is 1.50 bits per heavy atom. The summed E-state index contributed by atoms with van der Waals surface area (Å²) in [5, 5.41) is 9.99. The lowest BCUT2D eigenvalue weighted by Crippen LogP contribution is -1.89. The van der Waals surface area contributed by atoms with Crippen LogP contribution in [0.4, 0.5) is 5.69 Å². The van der Waals surface area contributed by atoms with Crippen LogP contribution in [0, 0.1) is 6.92 Å². The molecular weight excluding hydrogens is 180 g/mol. The number of aryl methyl sites for hydroxylation is 1. The van der Waals surface area contributed by atoms with Gasteiger partial charge in [0.25, 0.3) is 0 Å². The first kappa shape index (κ1) is 8.62. The Balaban J connectivity index is 2.97. The predicted molar refractivity (Wildman–Crippen MR) is 54.5 cm³/mol. The third-order valence-electron chi connectivity index (χ3n) is 2.34. The third kappa shape index (κ3) is 0.970. The predicted octanol–water partition coefficient (Wildman–Crippen LogP) is 1.58. The van der Waals surface area contributed by atoms with Gasteiger partial charge in [-0.25, -0.2) is 0 Å². The van der Waals surface area contributed by atoms with E-state index in [9.17, 15) is 9.90 Å². The fraction of sp³-hybridized carbons (Fsp3) is 0.100. The van der Waals surface area contributed by atoms with Crippen LogP contribution in [0.15, 0.2) is 12.1 Å². The first-order valence-electron chi connectivity index (χ1n) is 4.20. The van der Waals surface area contributed by atoms with Gasteiger partial charge in [0.1, 0.15) is 5.75 Å². The molecule has 4 heteroatoms. The van der Waals surface area contributed by atoms with Crippen molar-refractivity contribution in [2.24, 2.45) is 0 Å². The molecule has 1 heterocycles. The number of rotatable bonds is 1. The van der Waals surface area contributed by atoms with Gasteiger partial charge in [-0.15, -0.1) is 0 Å². The third-order valence-corrected chi connectivity index (χ3v) is 2.34. The Kier molecular flexibility index (Phi) is 1.70. The van der Waals surface area contributed by atoms with Gasteiger partial charge in [-0.2, -0.15) is 0 Å². The number of nitrogen functional groups attached to an aromatic ring is 1. The molecule has 0 radical (unpaired) electrons. The number of phenols is 1. The van der Waals surface area contributed by atoms with Crippen LogP contribution in [0.3, 0.4) is 0 Å². The number of benzene rings is 1. The summed E-state index contributed by atoms with van der Waals surface area (Å²) in [5.74, 6) is -0.000370. The van der Waals surface area contributed by atoms with Gasteiger partial charge in [-0.05, 0) is 19.1 Å². The number of H-pyrrole nitrogens is 1. The highest BCUT2D eigenvalue weighted by Gasteiger charge is 2.12. The minimum absolute atomic E-state index is 0.000370. The average Bonchev–Trinajstić information content (AvgIpc) is 2.48. The molecule has 0 saturated heterocycles. The summed E-state index contributed by atoms with van der Waals surface area (Å²) in [4.78, 5) is 13.8. The molecule has 1 aromatic heterocycles. The number of hydrogen-bond donors (Lipinski definition) is 3. The lowest BCUT2D eigenvalue weighted by Gasteiger charge is -2.00. The summed E-state index contributed by atoms with van der Waals surface area (Å²) in [7, 11) is 0. The summed E-state index contributed by atoms with van der Waals surface area (Å²) in [6, 6.07) is 3.20. The minimum atomic E-state index is -0.000370. The summed E-state index contributed by atoms with van der Waals surface area (Å²) in [5.41, 5.74) is 7.95. The lowest BCUT2D eigenvalue weighted by molar-refractivity contribution is 0.112. The molecular formula is C10H10N2O2. The second-order valence-electron chi connectivity index (χ2n) is 3.20. The summed E-state index contributed by atoms with van der Waals surface area (Å²) >= 11 is 0. The van der Waals surface area contributed by atoms with Gasteiger partial charge in [-0.3, -0.25) is 4.79 Å². The number of aldehydes is 1. The number of aromatic nitrogens is 1. The Morgan fingerprint density at radius 3 is 2.86 bits per heavy atom. The fourth-order valence-corrected chi connectivity index (χ4v) is 1.61. The zero-order valence-corrected chi connectivity index (χ0v) is 7.66. The van der Waals surface area contributed by atoms with Crippen molar-refractivity contribution >= 4 is 22.9 Å². The molecule has 72 valence electrons. The van der Waals surface area contributed by atoms with Crippen LogP contribution < -0.4 is 5.73 Å². The zero-order chi connectivity index (χ0) is 10.3. The quantitative estimate of drug-likeness (QED) is 0.363. The second-order valence-corrected chi connectivity index (χ2v) is 3.20. The number of anilines is 1. The Morgan fingerprint density at radius 2 is 2.21 bits per heavy atom. The molecule has 0 aliphatic heterocycles. The second kappa shape index (κ2) is 2.77. The van der Waals surface area contributed by atoms with Crippen LogP contribution >= 0.6 is 0 Å². The number of carbonyl (C=O) groups is 1. The van der Waals surface area contributed by atoms with E-state index in [2.05, 4.69) is 4.98 Å². The van der Waals surface area contributed by atoms with Gasteiger partial charge in [0.15, 0.2) is 6.29 Å². The van der Waals surface area contributed by atoms with Crippen molar-refractivity contribution in [2.75, 3.05) is 5.73 Å². The molecule has 0 aliphatic carbocycles. The molecule has 0 fully saturated rings. The monoisotopic (exact) mass is 190 g/mol. The smallest absolute Gasteiger partial charge is 0.152 e. The van der Waals surface area contributed by atoms with Crippen molar-refractivity contribution < 1.29 is 9.90 Å². The van der Waals surface area contributed by atoms with Gasteiger partial charge in [0, 0.05) is 22.2 Å². The maximum Gasteiger partial charge on any atom is 0.152 e. The van der Waals surface area contributed by atoms with Gasteiger partial charge < -0.3 is 15.8 Å². The highest BCUT2D eigenvalue weighted by molar-refractivity contribution is 6.06. The Hall–Kier alpha value is -1.97. The highest BCUT2D eigenvalue weighted by Crippen LogP contribution is 2.32. The van der Waals surface area contributed by atoms with Crippen LogP contribution in [0.2, 0.25) is 0 Å². The molecule has 0 aliphatic rings. The standard InChI is InChI=1S/C10H10N2O2/c1-5-6(4-13)9-7(12-5)2-3-8(14)10(9)11/h2-4,12,14H,11H2,1H3. The zero-order valence-electron chi connectivity index (χ0n) is 7.66. The van der Waals surface area contributed by atoms with E-state index in [1.54, 1.807) is 13.0 Å². The first-order valence-corrected chi connectivity index (χ1v) is 4.20. The Labute approximate surface area is 80.3 Å². The summed E-state index contributed by atoms with van der Waals surface area (Å²) in [6.45, 7) is 1.79. The van der Waals surface area contributed by atoms with Gasteiger partial charge >= 0.3 is 0 Å². The van der Waals surface area contributed by atoms with Crippen molar-refractivity contribution in [3.05, 3.63) is 23.4 Å². The molecule has 0 atom stereocenters. The molecule has 2 aromatic rings. The number of carbonyl (C=O) groups excluding carboxylic acids is 1. The van der Waals surface area contributed by atoms with E-state index in [1.807, 2.05) is 0 Å². The molecule has 4 N–H and O–H groups in total. The molecule has 4 nitrogen and oxygen atoms in total. The Bertz CT molecular complexity index is 514. The van der Waals surface area contributed by atoms with Gasteiger partial charge in [0.05, 0.1) is 5.69 Å². The summed E-state index contributed by atoms with van der Waals surface area (Å²) in [6.07, 6.45) is 0.740. The molecule has 2 rings (SSSR count). The molecule has 0 amide bonds. The van der Waals surface area contributed by atoms with Crippen molar-refractivity contribution in [3.8, 4) is 5.75 Å². The number of phenolic OH excluding ortho intramolecular Hbond substituents is 1.